The zero-order valence-corrected chi connectivity index (χ0v) is 13.4. The second kappa shape index (κ2) is 7.39. The number of rotatable bonds is 3. The average Bonchev–Trinajstić information content (AvgIpc) is 2.82. The molecule has 1 fully saturated rings. The van der Waals surface area contributed by atoms with E-state index in [1.807, 2.05) is 58.0 Å². The number of nitrogens with zero attached hydrogens (tertiary/aromatic N) is 1. The van der Waals surface area contributed by atoms with Crippen LogP contribution in [0.1, 0.15) is 43.9 Å². The molecule has 0 radical (unpaired) electrons. The monoisotopic (exact) mass is 293 g/mol. The van der Waals surface area contributed by atoms with Crippen LogP contribution in [0.5, 0.6) is 0 Å². The van der Waals surface area contributed by atoms with Crippen LogP contribution in [0.25, 0.3) is 12.2 Å². The Morgan fingerprint density at radius 3 is 2.52 bits per heavy atom. The molecule has 0 N–H and O–H groups in total. The van der Waals surface area contributed by atoms with Crippen LogP contribution in [-0.2, 0) is 0 Å². The molecule has 1 aromatic rings. The lowest BCUT2D eigenvalue weighted by Gasteiger charge is -2.19. The van der Waals surface area contributed by atoms with Crippen LogP contribution < -0.4 is 0 Å². The normalized spacial score (nSPS) is 17.2. The van der Waals surface area contributed by atoms with Crippen LogP contribution in [0, 0.1) is 6.92 Å². The molecule has 0 aliphatic carbocycles. The van der Waals surface area contributed by atoms with Gasteiger partial charge in [-0.25, -0.2) is 8.78 Å². The second-order valence-electron chi connectivity index (χ2n) is 5.10. The number of halogens is 2. The molecule has 1 heterocycles. The summed E-state index contributed by atoms with van der Waals surface area (Å²) in [5.74, 6) is -2.55. The van der Waals surface area contributed by atoms with Gasteiger partial charge in [0.15, 0.2) is 0 Å². The van der Waals surface area contributed by atoms with Gasteiger partial charge in [-0.05, 0) is 36.6 Å². The molecule has 1 aromatic carbocycles. The maximum absolute atomic E-state index is 13.2. The molecule has 0 bridgehead atoms. The lowest BCUT2D eigenvalue weighted by Crippen LogP contribution is -2.23. The van der Waals surface area contributed by atoms with Crippen molar-refractivity contribution in [3.8, 4) is 0 Å². The Bertz CT molecular complexity index is 518. The van der Waals surface area contributed by atoms with E-state index in [0.717, 1.165) is 22.4 Å². The Kier molecular flexibility index (Phi) is 6.13. The Balaban J connectivity index is 0.00000106. The van der Waals surface area contributed by atoms with E-state index >= 15 is 0 Å². The van der Waals surface area contributed by atoms with Gasteiger partial charge in [-0.2, -0.15) is 0 Å². The molecule has 0 amide bonds. The summed E-state index contributed by atoms with van der Waals surface area (Å²) < 4.78 is 26.4. The fraction of sp³-hybridized carbons (Fsp3) is 0.444. The van der Waals surface area contributed by atoms with Crippen LogP contribution in [0.4, 0.5) is 8.78 Å². The SMILES string of the molecule is C=Cc1c(C)cccc1/C=C(\C)N1CCC(F)(F)C1.CC. The molecule has 0 atom stereocenters. The second-order valence-corrected chi connectivity index (χ2v) is 5.10. The van der Waals surface area contributed by atoms with Gasteiger partial charge in [0.25, 0.3) is 5.92 Å². The van der Waals surface area contributed by atoms with Gasteiger partial charge in [0.05, 0.1) is 6.54 Å². The van der Waals surface area contributed by atoms with Crippen molar-refractivity contribution >= 4 is 12.2 Å². The highest BCUT2D eigenvalue weighted by molar-refractivity contribution is 5.67. The van der Waals surface area contributed by atoms with Gasteiger partial charge >= 0.3 is 0 Å². The lowest BCUT2D eigenvalue weighted by molar-refractivity contribution is 0.0152. The molecule has 1 saturated heterocycles. The maximum atomic E-state index is 13.2. The molecule has 0 saturated carbocycles. The van der Waals surface area contributed by atoms with Crippen LogP contribution in [0.3, 0.4) is 0 Å². The summed E-state index contributed by atoms with van der Waals surface area (Å²) in [6, 6.07) is 5.98. The minimum atomic E-state index is -2.55. The Morgan fingerprint density at radius 1 is 1.33 bits per heavy atom. The van der Waals surface area contributed by atoms with Crippen molar-refractivity contribution in [2.45, 2.75) is 40.0 Å². The van der Waals surface area contributed by atoms with Gasteiger partial charge in [0, 0.05) is 18.7 Å². The zero-order valence-electron chi connectivity index (χ0n) is 13.4. The van der Waals surface area contributed by atoms with E-state index in [9.17, 15) is 8.78 Å². The third kappa shape index (κ3) is 4.42. The number of benzene rings is 1. The van der Waals surface area contributed by atoms with E-state index in [4.69, 9.17) is 0 Å². The molecule has 0 aromatic heterocycles. The Labute approximate surface area is 127 Å². The van der Waals surface area contributed by atoms with Crippen molar-refractivity contribution < 1.29 is 8.78 Å². The number of hydrogen-bond acceptors (Lipinski definition) is 1. The largest absolute Gasteiger partial charge is 0.369 e. The molecule has 21 heavy (non-hydrogen) atoms. The fourth-order valence-corrected chi connectivity index (χ4v) is 2.46. The first-order chi connectivity index (χ1) is 9.93. The molecule has 1 nitrogen and oxygen atoms in total. The van der Waals surface area contributed by atoms with Gasteiger partial charge < -0.3 is 4.90 Å². The summed E-state index contributed by atoms with van der Waals surface area (Å²) in [4.78, 5) is 1.75. The summed E-state index contributed by atoms with van der Waals surface area (Å²) in [5.41, 5.74) is 4.12. The predicted molar refractivity (Wildman–Crippen MR) is 87.4 cm³/mol. The fourth-order valence-electron chi connectivity index (χ4n) is 2.46. The standard InChI is InChI=1S/C16H19F2N.C2H6/c1-4-15-12(2)6-5-7-14(15)10-13(3)19-9-8-16(17,18)11-19;1-2/h4-7,10H,1,8-9,11H2,2-3H3;1-2H3/b13-10+;. The first kappa shape index (κ1) is 17.4. The van der Waals surface area contributed by atoms with E-state index in [2.05, 4.69) is 6.58 Å². The minimum Gasteiger partial charge on any atom is -0.369 e. The van der Waals surface area contributed by atoms with Crippen molar-refractivity contribution in [2.24, 2.45) is 0 Å². The van der Waals surface area contributed by atoms with Gasteiger partial charge in [-0.1, -0.05) is 44.7 Å². The van der Waals surface area contributed by atoms with Gasteiger partial charge in [-0.15, -0.1) is 0 Å². The molecular weight excluding hydrogens is 268 g/mol. The van der Waals surface area contributed by atoms with Gasteiger partial charge in [0.1, 0.15) is 0 Å². The molecule has 2 rings (SSSR count). The summed E-state index contributed by atoms with van der Waals surface area (Å²) >= 11 is 0. The first-order valence-corrected chi connectivity index (χ1v) is 7.46. The molecule has 0 spiro atoms. The number of hydrogen-bond donors (Lipinski definition) is 0. The van der Waals surface area contributed by atoms with E-state index < -0.39 is 5.92 Å². The van der Waals surface area contributed by atoms with E-state index in [-0.39, 0.29) is 13.0 Å². The highest BCUT2D eigenvalue weighted by atomic mass is 19.3. The van der Waals surface area contributed by atoms with Crippen LogP contribution in [0.2, 0.25) is 0 Å². The summed E-state index contributed by atoms with van der Waals surface area (Å²) in [6.45, 7) is 12.0. The third-order valence-corrected chi connectivity index (χ3v) is 3.59. The number of aryl methyl sites for hydroxylation is 1. The quantitative estimate of drug-likeness (QED) is 0.724. The van der Waals surface area contributed by atoms with Crippen LogP contribution in [0.15, 0.2) is 30.5 Å². The van der Waals surface area contributed by atoms with E-state index in [0.29, 0.717) is 6.54 Å². The summed E-state index contributed by atoms with van der Waals surface area (Å²) in [6.07, 6.45) is 3.72. The molecule has 1 aliphatic heterocycles. The van der Waals surface area contributed by atoms with Gasteiger partial charge in [0.2, 0.25) is 0 Å². The van der Waals surface area contributed by atoms with Crippen LogP contribution in [-0.4, -0.2) is 23.9 Å². The van der Waals surface area contributed by atoms with Crippen molar-refractivity contribution in [1.82, 2.24) is 4.90 Å². The van der Waals surface area contributed by atoms with Gasteiger partial charge in [-0.3, -0.25) is 0 Å². The topological polar surface area (TPSA) is 3.24 Å². The number of alkyl halides is 2. The molecule has 0 unspecified atom stereocenters. The summed E-state index contributed by atoms with van der Waals surface area (Å²) in [7, 11) is 0. The van der Waals surface area contributed by atoms with E-state index in [1.54, 1.807) is 4.90 Å². The lowest BCUT2D eigenvalue weighted by atomic mass is 10.0. The maximum Gasteiger partial charge on any atom is 0.266 e. The number of likely N-dealkylation sites (tertiary alicyclic amines) is 1. The smallest absolute Gasteiger partial charge is 0.266 e. The Hall–Kier alpha value is -1.64. The highest BCUT2D eigenvalue weighted by Crippen LogP contribution is 2.30. The minimum absolute atomic E-state index is 0.0552. The van der Waals surface area contributed by atoms with Crippen LogP contribution >= 0.6 is 0 Å². The molecule has 116 valence electrons. The van der Waals surface area contributed by atoms with Crippen molar-refractivity contribution in [2.75, 3.05) is 13.1 Å². The summed E-state index contributed by atoms with van der Waals surface area (Å²) in [5, 5.41) is 0. The molecule has 1 aliphatic rings. The van der Waals surface area contributed by atoms with Crippen molar-refractivity contribution in [3.63, 3.8) is 0 Å². The van der Waals surface area contributed by atoms with E-state index in [1.165, 1.54) is 0 Å². The third-order valence-electron chi connectivity index (χ3n) is 3.59. The first-order valence-electron chi connectivity index (χ1n) is 7.46. The predicted octanol–water partition coefficient (Wildman–Crippen LogP) is 5.37. The van der Waals surface area contributed by atoms with Crippen molar-refractivity contribution in [3.05, 3.63) is 47.2 Å². The Morgan fingerprint density at radius 2 is 2.00 bits per heavy atom. The molecular formula is C18H25F2N. The highest BCUT2D eigenvalue weighted by Gasteiger charge is 2.38. The number of allylic oxidation sites excluding steroid dienone is 1. The zero-order chi connectivity index (χ0) is 16.0. The van der Waals surface area contributed by atoms with Crippen molar-refractivity contribution in [1.29, 1.82) is 0 Å². The average molecular weight is 293 g/mol. The molecule has 3 heteroatoms.